The van der Waals surface area contributed by atoms with Gasteiger partial charge in [0.15, 0.2) is 0 Å². The van der Waals surface area contributed by atoms with E-state index in [1.165, 1.54) is 39.0 Å². The minimum atomic E-state index is -0.0226. The molecule has 4 nitrogen and oxygen atoms in total. The van der Waals surface area contributed by atoms with Crippen LogP contribution < -0.4 is 5.73 Å². The Morgan fingerprint density at radius 1 is 1.16 bits per heavy atom. The third-order valence-corrected chi connectivity index (χ3v) is 5.24. The Hall–Kier alpha value is -0.160. The van der Waals surface area contributed by atoms with Crippen molar-refractivity contribution in [3.05, 3.63) is 0 Å². The summed E-state index contributed by atoms with van der Waals surface area (Å²) in [5.41, 5.74) is 6.34. The van der Waals surface area contributed by atoms with Gasteiger partial charge in [-0.15, -0.1) is 0 Å². The molecule has 0 amide bonds. The molecule has 2 saturated heterocycles. The standard InChI is InChI=1S/C15H29N3O/c1-14(2)11-15(12-16,5-10-19-14)18-8-6-17(7-9-18)13-3-4-13/h13H,3-12,16H2,1-2H3. The maximum atomic E-state index is 6.19. The molecule has 0 bridgehead atoms. The lowest BCUT2D eigenvalue weighted by molar-refractivity contribution is -0.124. The van der Waals surface area contributed by atoms with E-state index in [0.717, 1.165) is 32.0 Å². The fraction of sp³-hybridized carbons (Fsp3) is 1.00. The number of nitrogens with two attached hydrogens (primary N) is 1. The zero-order valence-electron chi connectivity index (χ0n) is 12.5. The maximum absolute atomic E-state index is 6.19. The Bertz CT molecular complexity index is 321. The van der Waals surface area contributed by atoms with E-state index in [2.05, 4.69) is 23.6 Å². The van der Waals surface area contributed by atoms with Crippen LogP contribution in [0.25, 0.3) is 0 Å². The summed E-state index contributed by atoms with van der Waals surface area (Å²) >= 11 is 0. The molecule has 0 aromatic heterocycles. The van der Waals surface area contributed by atoms with Crippen LogP contribution in [-0.2, 0) is 4.74 Å². The van der Waals surface area contributed by atoms with Crippen LogP contribution in [0.15, 0.2) is 0 Å². The first-order chi connectivity index (χ1) is 9.05. The van der Waals surface area contributed by atoms with Crippen LogP contribution in [0, 0.1) is 0 Å². The van der Waals surface area contributed by atoms with Gasteiger partial charge in [-0.1, -0.05) is 0 Å². The second-order valence-electron chi connectivity index (χ2n) is 7.22. The van der Waals surface area contributed by atoms with Crippen LogP contribution in [-0.4, -0.2) is 66.3 Å². The van der Waals surface area contributed by atoms with Crippen LogP contribution in [0.2, 0.25) is 0 Å². The second kappa shape index (κ2) is 4.99. The predicted octanol–water partition coefficient (Wildman–Crippen LogP) is 1.05. The van der Waals surface area contributed by atoms with E-state index < -0.39 is 0 Å². The molecule has 0 aromatic rings. The molecule has 1 unspecified atom stereocenters. The number of nitrogens with zero attached hydrogens (tertiary/aromatic N) is 2. The quantitative estimate of drug-likeness (QED) is 0.830. The molecule has 3 fully saturated rings. The van der Waals surface area contributed by atoms with Crippen LogP contribution >= 0.6 is 0 Å². The maximum Gasteiger partial charge on any atom is 0.0644 e. The number of ether oxygens (including phenoxy) is 1. The summed E-state index contributed by atoms with van der Waals surface area (Å²) in [6.45, 7) is 10.9. The van der Waals surface area contributed by atoms with Crippen molar-refractivity contribution < 1.29 is 4.74 Å². The molecule has 1 atom stereocenters. The van der Waals surface area contributed by atoms with Crippen LogP contribution in [0.5, 0.6) is 0 Å². The van der Waals surface area contributed by atoms with Crippen molar-refractivity contribution in [2.45, 2.75) is 56.7 Å². The average Bonchev–Trinajstić information content (AvgIpc) is 3.22. The molecule has 3 aliphatic rings. The summed E-state index contributed by atoms with van der Waals surface area (Å²) in [6, 6.07) is 0.905. The molecule has 2 N–H and O–H groups in total. The van der Waals surface area contributed by atoms with Crippen LogP contribution in [0.1, 0.15) is 39.5 Å². The lowest BCUT2D eigenvalue weighted by Crippen LogP contribution is -2.64. The molecule has 0 spiro atoms. The summed E-state index contributed by atoms with van der Waals surface area (Å²) in [6.07, 6.45) is 5.00. The molecule has 0 radical (unpaired) electrons. The van der Waals surface area contributed by atoms with Gasteiger partial charge in [0.1, 0.15) is 0 Å². The SMILES string of the molecule is CC1(C)CC(CN)(N2CCN(C3CC3)CC2)CCO1. The van der Waals surface area contributed by atoms with Crippen molar-refractivity contribution in [2.75, 3.05) is 39.3 Å². The van der Waals surface area contributed by atoms with E-state index in [1.54, 1.807) is 0 Å². The first-order valence-electron chi connectivity index (χ1n) is 7.88. The van der Waals surface area contributed by atoms with Crippen molar-refractivity contribution in [1.82, 2.24) is 9.80 Å². The zero-order chi connectivity index (χ0) is 13.5. The molecule has 0 aromatic carbocycles. The van der Waals surface area contributed by atoms with E-state index in [1.807, 2.05) is 0 Å². The first kappa shape index (κ1) is 13.8. The van der Waals surface area contributed by atoms with Gasteiger partial charge in [0.25, 0.3) is 0 Å². The van der Waals surface area contributed by atoms with E-state index >= 15 is 0 Å². The van der Waals surface area contributed by atoms with Crippen molar-refractivity contribution >= 4 is 0 Å². The Morgan fingerprint density at radius 2 is 1.84 bits per heavy atom. The summed E-state index contributed by atoms with van der Waals surface area (Å²) < 4.78 is 5.89. The van der Waals surface area contributed by atoms with Gasteiger partial charge in [0, 0.05) is 50.9 Å². The lowest BCUT2D eigenvalue weighted by Gasteiger charge is -2.53. The minimum Gasteiger partial charge on any atom is -0.375 e. The molecule has 2 aliphatic heterocycles. The first-order valence-corrected chi connectivity index (χ1v) is 7.88. The van der Waals surface area contributed by atoms with Crippen molar-refractivity contribution in [1.29, 1.82) is 0 Å². The summed E-state index contributed by atoms with van der Waals surface area (Å²) in [7, 11) is 0. The molecular formula is C15H29N3O. The van der Waals surface area contributed by atoms with Gasteiger partial charge in [0.2, 0.25) is 0 Å². The molecule has 1 aliphatic carbocycles. The normalized spacial score (nSPS) is 37.4. The van der Waals surface area contributed by atoms with Gasteiger partial charge in [-0.3, -0.25) is 9.80 Å². The minimum absolute atomic E-state index is 0.0226. The smallest absolute Gasteiger partial charge is 0.0644 e. The summed E-state index contributed by atoms with van der Waals surface area (Å²) in [5, 5.41) is 0. The largest absolute Gasteiger partial charge is 0.375 e. The third-order valence-electron chi connectivity index (χ3n) is 5.24. The lowest BCUT2D eigenvalue weighted by atomic mass is 9.79. The molecule has 19 heavy (non-hydrogen) atoms. The predicted molar refractivity (Wildman–Crippen MR) is 77.2 cm³/mol. The van der Waals surface area contributed by atoms with Crippen molar-refractivity contribution in [3.63, 3.8) is 0 Å². The van der Waals surface area contributed by atoms with Gasteiger partial charge in [-0.05, 0) is 39.5 Å². The van der Waals surface area contributed by atoms with Crippen LogP contribution in [0.3, 0.4) is 0 Å². The molecular weight excluding hydrogens is 238 g/mol. The van der Waals surface area contributed by atoms with Crippen molar-refractivity contribution in [3.8, 4) is 0 Å². The molecule has 2 heterocycles. The van der Waals surface area contributed by atoms with E-state index in [4.69, 9.17) is 10.5 Å². The molecule has 110 valence electrons. The van der Waals surface area contributed by atoms with Gasteiger partial charge >= 0.3 is 0 Å². The Balaban J connectivity index is 1.65. The number of hydrogen-bond donors (Lipinski definition) is 1. The number of hydrogen-bond acceptors (Lipinski definition) is 4. The van der Waals surface area contributed by atoms with E-state index in [-0.39, 0.29) is 11.1 Å². The fourth-order valence-electron chi connectivity index (χ4n) is 4.02. The van der Waals surface area contributed by atoms with Crippen molar-refractivity contribution in [2.24, 2.45) is 5.73 Å². The highest BCUT2D eigenvalue weighted by atomic mass is 16.5. The van der Waals surface area contributed by atoms with Gasteiger partial charge in [0.05, 0.1) is 5.60 Å². The highest BCUT2D eigenvalue weighted by Crippen LogP contribution is 2.37. The Labute approximate surface area is 117 Å². The van der Waals surface area contributed by atoms with Crippen LogP contribution in [0.4, 0.5) is 0 Å². The van der Waals surface area contributed by atoms with E-state index in [0.29, 0.717) is 0 Å². The Morgan fingerprint density at radius 3 is 2.37 bits per heavy atom. The topological polar surface area (TPSA) is 41.7 Å². The van der Waals surface area contributed by atoms with E-state index in [9.17, 15) is 0 Å². The molecule has 4 heteroatoms. The number of piperazine rings is 1. The molecule has 3 rings (SSSR count). The monoisotopic (exact) mass is 267 g/mol. The van der Waals surface area contributed by atoms with Gasteiger partial charge in [-0.25, -0.2) is 0 Å². The summed E-state index contributed by atoms with van der Waals surface area (Å²) in [4.78, 5) is 5.33. The third kappa shape index (κ3) is 2.82. The highest BCUT2D eigenvalue weighted by molar-refractivity contribution is 5.01. The van der Waals surface area contributed by atoms with Gasteiger partial charge < -0.3 is 10.5 Å². The average molecular weight is 267 g/mol. The highest BCUT2D eigenvalue weighted by Gasteiger charge is 2.45. The summed E-state index contributed by atoms with van der Waals surface area (Å²) in [5.74, 6) is 0. The second-order valence-corrected chi connectivity index (χ2v) is 7.22. The molecule has 1 saturated carbocycles. The zero-order valence-corrected chi connectivity index (χ0v) is 12.5. The fourth-order valence-corrected chi connectivity index (χ4v) is 4.02. The van der Waals surface area contributed by atoms with Gasteiger partial charge in [-0.2, -0.15) is 0 Å². The number of rotatable bonds is 3. The Kier molecular flexibility index (Phi) is 3.63.